The van der Waals surface area contributed by atoms with Crippen molar-refractivity contribution in [2.75, 3.05) is 6.54 Å². The number of rotatable bonds is 5. The van der Waals surface area contributed by atoms with E-state index in [0.717, 1.165) is 11.1 Å². The molecule has 1 aliphatic rings. The maximum atomic E-state index is 13.0. The molecule has 1 saturated heterocycles. The number of carbonyl (C=O) groups is 1. The van der Waals surface area contributed by atoms with Crippen LogP contribution in [0, 0.1) is 11.3 Å². The minimum Gasteiger partial charge on any atom is -0.438 e. The van der Waals surface area contributed by atoms with Gasteiger partial charge >= 0.3 is 6.09 Å². The first-order valence-corrected chi connectivity index (χ1v) is 9.52. The molecule has 1 amide bonds. The van der Waals surface area contributed by atoms with E-state index in [9.17, 15) is 9.90 Å². The van der Waals surface area contributed by atoms with Crippen molar-refractivity contribution in [2.45, 2.75) is 50.9 Å². The van der Waals surface area contributed by atoms with Crippen LogP contribution in [-0.4, -0.2) is 28.2 Å². The molecule has 0 spiro atoms. The lowest BCUT2D eigenvalue weighted by Gasteiger charge is -2.45. The molecule has 28 heavy (non-hydrogen) atoms. The number of hydrogen-bond acceptors (Lipinski definition) is 4. The van der Waals surface area contributed by atoms with Crippen LogP contribution in [0.1, 0.15) is 56.3 Å². The van der Waals surface area contributed by atoms with E-state index in [0.29, 0.717) is 24.9 Å². The van der Waals surface area contributed by atoms with Gasteiger partial charge < -0.3 is 14.7 Å². The average Bonchev–Trinajstić information content (AvgIpc) is 2.67. The fourth-order valence-electron chi connectivity index (χ4n) is 3.91. The van der Waals surface area contributed by atoms with Gasteiger partial charge in [-0.15, -0.1) is 0 Å². The number of aliphatic hydroxyl groups is 1. The first-order chi connectivity index (χ1) is 13.2. The molecule has 0 bridgehead atoms. The van der Waals surface area contributed by atoms with E-state index in [1.165, 1.54) is 0 Å². The SMILES string of the molecule is C[C@@H](c1ccc(C#N)cc1)N1CC[C@](CC(C)(C)O)(c2ccccc2)OC1=O. The van der Waals surface area contributed by atoms with Crippen LogP contribution in [0.5, 0.6) is 0 Å². The predicted molar refractivity (Wildman–Crippen MR) is 106 cm³/mol. The number of nitriles is 1. The topological polar surface area (TPSA) is 73.6 Å². The van der Waals surface area contributed by atoms with Crippen molar-refractivity contribution in [3.63, 3.8) is 0 Å². The monoisotopic (exact) mass is 378 g/mol. The Kier molecular flexibility index (Phi) is 5.44. The number of cyclic esters (lactones) is 1. The highest BCUT2D eigenvalue weighted by Gasteiger charge is 2.46. The zero-order valence-corrected chi connectivity index (χ0v) is 16.6. The number of benzene rings is 2. The zero-order valence-electron chi connectivity index (χ0n) is 16.6. The lowest BCUT2D eigenvalue weighted by Crippen LogP contribution is -2.51. The van der Waals surface area contributed by atoms with Gasteiger partial charge in [-0.25, -0.2) is 4.79 Å². The minimum absolute atomic E-state index is 0.170. The zero-order chi connectivity index (χ0) is 20.4. The smallest absolute Gasteiger partial charge is 0.411 e. The van der Waals surface area contributed by atoms with Crippen LogP contribution in [-0.2, 0) is 10.3 Å². The van der Waals surface area contributed by atoms with Gasteiger partial charge in [-0.3, -0.25) is 0 Å². The summed E-state index contributed by atoms with van der Waals surface area (Å²) in [7, 11) is 0. The van der Waals surface area contributed by atoms with Crippen molar-refractivity contribution in [1.29, 1.82) is 5.26 Å². The second-order valence-corrected chi connectivity index (χ2v) is 8.07. The highest BCUT2D eigenvalue weighted by atomic mass is 16.6. The van der Waals surface area contributed by atoms with Crippen molar-refractivity contribution in [1.82, 2.24) is 4.90 Å². The molecule has 1 fully saturated rings. The van der Waals surface area contributed by atoms with Gasteiger partial charge in [0.1, 0.15) is 5.60 Å². The summed E-state index contributed by atoms with van der Waals surface area (Å²) < 4.78 is 6.01. The van der Waals surface area contributed by atoms with Crippen LogP contribution in [0.2, 0.25) is 0 Å². The standard InChI is InChI=1S/C23H26N2O3/c1-17(19-11-9-18(15-24)10-12-19)25-14-13-23(28-21(25)26,16-22(2,3)27)20-7-5-4-6-8-20/h4-12,17,27H,13-14,16H2,1-3H3/t17-,23-/m0/s1. The molecule has 0 aromatic heterocycles. The van der Waals surface area contributed by atoms with Crippen LogP contribution >= 0.6 is 0 Å². The molecule has 5 heteroatoms. The highest BCUT2D eigenvalue weighted by Crippen LogP contribution is 2.42. The number of nitrogens with zero attached hydrogens (tertiary/aromatic N) is 2. The van der Waals surface area contributed by atoms with Gasteiger partial charge in [-0.05, 0) is 44.0 Å². The summed E-state index contributed by atoms with van der Waals surface area (Å²) in [5.74, 6) is 0. The molecular formula is C23H26N2O3. The van der Waals surface area contributed by atoms with Crippen LogP contribution in [0.4, 0.5) is 4.79 Å². The summed E-state index contributed by atoms with van der Waals surface area (Å²) in [6.45, 7) is 5.94. The minimum atomic E-state index is -0.975. The van der Waals surface area contributed by atoms with Crippen LogP contribution in [0.25, 0.3) is 0 Å². The summed E-state index contributed by atoms with van der Waals surface area (Å²) in [6, 6.07) is 18.8. The Balaban J connectivity index is 1.85. The Morgan fingerprint density at radius 1 is 1.21 bits per heavy atom. The molecule has 0 radical (unpaired) electrons. The van der Waals surface area contributed by atoms with Gasteiger partial charge in [0.05, 0.1) is 23.3 Å². The van der Waals surface area contributed by atoms with E-state index >= 15 is 0 Å². The Bertz CT molecular complexity index is 865. The van der Waals surface area contributed by atoms with E-state index in [-0.39, 0.29) is 6.04 Å². The van der Waals surface area contributed by atoms with Gasteiger partial charge in [0.25, 0.3) is 0 Å². The van der Waals surface area contributed by atoms with Crippen molar-refractivity contribution >= 4 is 6.09 Å². The van der Waals surface area contributed by atoms with Crippen molar-refractivity contribution in [3.8, 4) is 6.07 Å². The molecule has 1 N–H and O–H groups in total. The molecule has 2 aromatic rings. The van der Waals surface area contributed by atoms with Crippen LogP contribution in [0.15, 0.2) is 54.6 Å². The van der Waals surface area contributed by atoms with E-state index < -0.39 is 17.3 Å². The molecule has 0 aliphatic carbocycles. The molecule has 0 saturated carbocycles. The summed E-state index contributed by atoms with van der Waals surface area (Å²) in [5.41, 5.74) is 0.612. The maximum Gasteiger partial charge on any atom is 0.411 e. The molecule has 2 aromatic carbocycles. The van der Waals surface area contributed by atoms with Crippen molar-refractivity contribution in [3.05, 3.63) is 71.3 Å². The number of ether oxygens (including phenoxy) is 1. The van der Waals surface area contributed by atoms with Gasteiger partial charge in [0.2, 0.25) is 0 Å². The molecule has 0 unspecified atom stereocenters. The van der Waals surface area contributed by atoms with E-state index in [4.69, 9.17) is 10.00 Å². The Labute approximate surface area is 166 Å². The fourth-order valence-corrected chi connectivity index (χ4v) is 3.91. The first kappa shape index (κ1) is 19.9. The third-order valence-corrected chi connectivity index (χ3v) is 5.28. The predicted octanol–water partition coefficient (Wildman–Crippen LogP) is 4.52. The Hall–Kier alpha value is -2.84. The molecular weight excluding hydrogens is 352 g/mol. The van der Waals surface area contributed by atoms with Crippen molar-refractivity contribution in [2.24, 2.45) is 0 Å². The number of carbonyl (C=O) groups excluding carboxylic acids is 1. The second-order valence-electron chi connectivity index (χ2n) is 8.07. The van der Waals surface area contributed by atoms with Gasteiger partial charge in [0.15, 0.2) is 0 Å². The number of amides is 1. The lowest BCUT2D eigenvalue weighted by atomic mass is 9.80. The van der Waals surface area contributed by atoms with Gasteiger partial charge in [-0.1, -0.05) is 42.5 Å². The first-order valence-electron chi connectivity index (χ1n) is 9.52. The largest absolute Gasteiger partial charge is 0.438 e. The summed E-state index contributed by atoms with van der Waals surface area (Å²) in [6.07, 6.45) is 0.526. The third-order valence-electron chi connectivity index (χ3n) is 5.28. The van der Waals surface area contributed by atoms with Gasteiger partial charge in [0, 0.05) is 19.4 Å². The highest BCUT2D eigenvalue weighted by molar-refractivity contribution is 5.70. The maximum absolute atomic E-state index is 13.0. The van der Waals surface area contributed by atoms with E-state index in [1.807, 2.05) is 49.4 Å². The molecule has 5 nitrogen and oxygen atoms in total. The normalized spacial score (nSPS) is 21.0. The Morgan fingerprint density at radius 2 is 1.86 bits per heavy atom. The molecule has 146 valence electrons. The van der Waals surface area contributed by atoms with E-state index in [1.54, 1.807) is 30.9 Å². The molecule has 1 heterocycles. The molecule has 2 atom stereocenters. The average molecular weight is 378 g/mol. The summed E-state index contributed by atoms with van der Waals surface area (Å²) >= 11 is 0. The second kappa shape index (κ2) is 7.65. The Morgan fingerprint density at radius 3 is 2.39 bits per heavy atom. The van der Waals surface area contributed by atoms with Gasteiger partial charge in [-0.2, -0.15) is 5.26 Å². The molecule has 3 rings (SSSR count). The quantitative estimate of drug-likeness (QED) is 0.830. The summed E-state index contributed by atoms with van der Waals surface area (Å²) in [4.78, 5) is 14.7. The van der Waals surface area contributed by atoms with Crippen LogP contribution in [0.3, 0.4) is 0 Å². The molecule has 1 aliphatic heterocycles. The van der Waals surface area contributed by atoms with E-state index in [2.05, 4.69) is 6.07 Å². The lowest BCUT2D eigenvalue weighted by molar-refractivity contribution is -0.101. The third kappa shape index (κ3) is 4.18. The fraction of sp³-hybridized carbons (Fsp3) is 0.391. The number of hydrogen-bond donors (Lipinski definition) is 1. The van der Waals surface area contributed by atoms with Crippen LogP contribution < -0.4 is 0 Å². The van der Waals surface area contributed by atoms with Crippen molar-refractivity contribution < 1.29 is 14.6 Å². The summed E-state index contributed by atoms with van der Waals surface area (Å²) in [5, 5.41) is 19.4.